The summed E-state index contributed by atoms with van der Waals surface area (Å²) in [6, 6.07) is 17.0. The van der Waals surface area contributed by atoms with E-state index in [0.717, 1.165) is 6.07 Å². The van der Waals surface area contributed by atoms with Gasteiger partial charge in [0.05, 0.1) is 16.1 Å². The maximum absolute atomic E-state index is 12.4. The lowest BCUT2D eigenvalue weighted by Crippen LogP contribution is -2.18. The summed E-state index contributed by atoms with van der Waals surface area (Å²) in [4.78, 5) is 45.2. The second-order valence-corrected chi connectivity index (χ2v) is 6.39. The van der Waals surface area contributed by atoms with Crippen molar-refractivity contribution in [3.63, 3.8) is 0 Å². The summed E-state index contributed by atoms with van der Waals surface area (Å²) in [5, 5.41) is 28.0. The number of hydrazone groups is 1. The predicted octanol–water partition coefficient (Wildman–Crippen LogP) is 3.52. The smallest absolute Gasteiger partial charge is 0.271 e. The Morgan fingerprint density at radius 3 is 2.06 bits per heavy atom. The van der Waals surface area contributed by atoms with Crippen molar-refractivity contribution in [3.05, 3.63) is 110 Å². The highest BCUT2D eigenvalue weighted by Crippen LogP contribution is 2.16. The van der Waals surface area contributed by atoms with E-state index >= 15 is 0 Å². The van der Waals surface area contributed by atoms with Crippen LogP contribution in [0.15, 0.2) is 77.9 Å². The van der Waals surface area contributed by atoms with Gasteiger partial charge in [-0.1, -0.05) is 24.3 Å². The van der Waals surface area contributed by atoms with Crippen molar-refractivity contribution < 1.29 is 19.4 Å². The zero-order valence-electron chi connectivity index (χ0n) is 16.3. The maximum Gasteiger partial charge on any atom is 0.271 e. The molecular weight excluding hydrogens is 418 g/mol. The summed E-state index contributed by atoms with van der Waals surface area (Å²) in [7, 11) is 0. The van der Waals surface area contributed by atoms with Crippen LogP contribution < -0.4 is 10.7 Å². The molecule has 0 unspecified atom stereocenters. The molecule has 32 heavy (non-hydrogen) atoms. The third-order valence-electron chi connectivity index (χ3n) is 4.16. The van der Waals surface area contributed by atoms with Gasteiger partial charge < -0.3 is 5.32 Å². The maximum atomic E-state index is 12.4. The Morgan fingerprint density at radius 1 is 0.781 bits per heavy atom. The minimum absolute atomic E-state index is 0.0932. The van der Waals surface area contributed by atoms with E-state index in [4.69, 9.17) is 0 Å². The normalized spacial score (nSPS) is 10.5. The van der Waals surface area contributed by atoms with Gasteiger partial charge in [-0.25, -0.2) is 5.43 Å². The van der Waals surface area contributed by atoms with E-state index in [-0.39, 0.29) is 22.5 Å². The lowest BCUT2D eigenvalue weighted by atomic mass is 10.1. The van der Waals surface area contributed by atoms with E-state index in [1.807, 2.05) is 0 Å². The zero-order chi connectivity index (χ0) is 23.1. The van der Waals surface area contributed by atoms with Crippen LogP contribution in [-0.2, 0) is 0 Å². The minimum atomic E-state index is -0.601. The number of rotatable bonds is 7. The van der Waals surface area contributed by atoms with Crippen molar-refractivity contribution in [3.8, 4) is 0 Å². The standard InChI is InChI=1S/C21H15N5O6/c27-20(16-6-3-9-19(12-16)26(31)32)23-17-7-2-5-15(11-17)21(28)24-22-13-14-4-1-8-18(10-14)25(29)30/h1-13H,(H,23,27)(H,24,28). The molecular formula is C21H15N5O6. The van der Waals surface area contributed by atoms with Gasteiger partial charge in [0.1, 0.15) is 0 Å². The molecule has 0 aliphatic rings. The van der Waals surface area contributed by atoms with Crippen LogP contribution >= 0.6 is 0 Å². The fraction of sp³-hybridized carbons (Fsp3) is 0. The molecule has 160 valence electrons. The van der Waals surface area contributed by atoms with Crippen molar-refractivity contribution in [2.24, 2.45) is 5.10 Å². The average Bonchev–Trinajstić information content (AvgIpc) is 2.79. The molecule has 2 amide bonds. The first-order valence-electron chi connectivity index (χ1n) is 9.07. The number of nitro groups is 2. The summed E-state index contributed by atoms with van der Waals surface area (Å²) < 4.78 is 0. The number of anilines is 1. The number of non-ortho nitro benzene ring substituents is 2. The number of benzene rings is 3. The van der Waals surface area contributed by atoms with Crippen LogP contribution in [0.2, 0.25) is 0 Å². The Bertz CT molecular complexity index is 1240. The Hall–Kier alpha value is -4.93. The van der Waals surface area contributed by atoms with Crippen molar-refractivity contribution >= 4 is 35.1 Å². The van der Waals surface area contributed by atoms with E-state index in [1.54, 1.807) is 18.2 Å². The fourth-order valence-electron chi connectivity index (χ4n) is 2.65. The van der Waals surface area contributed by atoms with Crippen LogP contribution in [-0.4, -0.2) is 27.9 Å². The molecule has 11 heteroatoms. The van der Waals surface area contributed by atoms with Crippen LogP contribution in [0, 0.1) is 20.2 Å². The van der Waals surface area contributed by atoms with Crippen molar-refractivity contribution in [2.45, 2.75) is 0 Å². The molecule has 0 aliphatic heterocycles. The molecule has 0 heterocycles. The quantitative estimate of drug-likeness (QED) is 0.330. The molecule has 3 aromatic rings. The van der Waals surface area contributed by atoms with Gasteiger partial charge in [-0.2, -0.15) is 5.10 Å². The number of hydrogen-bond acceptors (Lipinski definition) is 7. The number of carbonyl (C=O) groups is 2. The largest absolute Gasteiger partial charge is 0.322 e. The van der Waals surface area contributed by atoms with Crippen LogP contribution in [0.5, 0.6) is 0 Å². The molecule has 0 saturated heterocycles. The van der Waals surface area contributed by atoms with Crippen molar-refractivity contribution in [1.82, 2.24) is 5.43 Å². The Morgan fingerprint density at radius 2 is 1.38 bits per heavy atom. The molecule has 11 nitrogen and oxygen atoms in total. The van der Waals surface area contributed by atoms with Crippen LogP contribution in [0.3, 0.4) is 0 Å². The monoisotopic (exact) mass is 433 g/mol. The topological polar surface area (TPSA) is 157 Å². The summed E-state index contributed by atoms with van der Waals surface area (Å²) >= 11 is 0. The van der Waals surface area contributed by atoms with Gasteiger partial charge in [0, 0.05) is 46.6 Å². The third kappa shape index (κ3) is 5.57. The molecule has 0 saturated carbocycles. The summed E-state index contributed by atoms with van der Waals surface area (Å²) in [6.07, 6.45) is 1.26. The predicted molar refractivity (Wildman–Crippen MR) is 116 cm³/mol. The van der Waals surface area contributed by atoms with Gasteiger partial charge in [0.15, 0.2) is 0 Å². The second-order valence-electron chi connectivity index (χ2n) is 6.39. The molecule has 0 spiro atoms. The van der Waals surface area contributed by atoms with Gasteiger partial charge >= 0.3 is 0 Å². The summed E-state index contributed by atoms with van der Waals surface area (Å²) in [6.45, 7) is 0. The lowest BCUT2D eigenvalue weighted by molar-refractivity contribution is -0.385. The molecule has 0 aromatic heterocycles. The van der Waals surface area contributed by atoms with Crippen LogP contribution in [0.25, 0.3) is 0 Å². The first-order chi connectivity index (χ1) is 15.3. The molecule has 3 rings (SSSR count). The first-order valence-corrected chi connectivity index (χ1v) is 9.07. The number of amides is 2. The molecule has 0 atom stereocenters. The number of nitrogens with zero attached hydrogens (tertiary/aromatic N) is 3. The number of nitro benzene ring substituents is 2. The second kappa shape index (κ2) is 9.71. The van der Waals surface area contributed by atoms with Gasteiger partial charge in [0.2, 0.25) is 0 Å². The third-order valence-corrected chi connectivity index (χ3v) is 4.16. The number of carbonyl (C=O) groups excluding carboxylic acids is 2. The lowest BCUT2D eigenvalue weighted by Gasteiger charge is -2.07. The van der Waals surface area contributed by atoms with Crippen LogP contribution in [0.1, 0.15) is 26.3 Å². The SMILES string of the molecule is O=C(NN=Cc1cccc([N+](=O)[O-])c1)c1cccc(NC(=O)c2cccc([N+](=O)[O-])c2)c1. The molecule has 0 radical (unpaired) electrons. The minimum Gasteiger partial charge on any atom is -0.322 e. The fourth-order valence-corrected chi connectivity index (χ4v) is 2.65. The Balaban J connectivity index is 1.66. The van der Waals surface area contributed by atoms with Gasteiger partial charge in [-0.3, -0.25) is 29.8 Å². The average molecular weight is 433 g/mol. The van der Waals surface area contributed by atoms with Crippen LogP contribution in [0.4, 0.5) is 17.1 Å². The number of hydrogen-bond donors (Lipinski definition) is 2. The van der Waals surface area contributed by atoms with E-state index in [2.05, 4.69) is 15.8 Å². The highest BCUT2D eigenvalue weighted by atomic mass is 16.6. The molecule has 3 aromatic carbocycles. The summed E-state index contributed by atoms with van der Waals surface area (Å²) in [5.74, 6) is -1.15. The van der Waals surface area contributed by atoms with E-state index < -0.39 is 21.7 Å². The highest BCUT2D eigenvalue weighted by molar-refractivity contribution is 6.05. The van der Waals surface area contributed by atoms with E-state index in [9.17, 15) is 29.8 Å². The van der Waals surface area contributed by atoms with E-state index in [1.165, 1.54) is 54.7 Å². The molecule has 0 aliphatic carbocycles. The number of nitrogens with one attached hydrogen (secondary N) is 2. The van der Waals surface area contributed by atoms with Gasteiger partial charge in [-0.15, -0.1) is 0 Å². The molecule has 2 N–H and O–H groups in total. The molecule has 0 bridgehead atoms. The van der Waals surface area contributed by atoms with Gasteiger partial charge in [0.25, 0.3) is 23.2 Å². The first kappa shape index (κ1) is 21.8. The van der Waals surface area contributed by atoms with E-state index in [0.29, 0.717) is 11.3 Å². The van der Waals surface area contributed by atoms with Gasteiger partial charge in [-0.05, 0) is 24.3 Å². The molecule has 0 fully saturated rings. The van der Waals surface area contributed by atoms with Crippen molar-refractivity contribution in [1.29, 1.82) is 0 Å². The highest BCUT2D eigenvalue weighted by Gasteiger charge is 2.13. The summed E-state index contributed by atoms with van der Waals surface area (Å²) in [5.41, 5.74) is 3.00. The van der Waals surface area contributed by atoms with Crippen molar-refractivity contribution in [2.75, 3.05) is 5.32 Å². The zero-order valence-corrected chi connectivity index (χ0v) is 16.3. The Labute approximate surface area is 180 Å². The Kier molecular flexibility index (Phi) is 6.61.